The predicted molar refractivity (Wildman–Crippen MR) is 89.5 cm³/mol. The summed E-state index contributed by atoms with van der Waals surface area (Å²) < 4.78 is 0. The number of rotatable bonds is 6. The van der Waals surface area contributed by atoms with Crippen LogP contribution >= 0.6 is 0 Å². The van der Waals surface area contributed by atoms with Gasteiger partial charge in [-0.3, -0.25) is 0 Å². The molecule has 0 saturated carbocycles. The van der Waals surface area contributed by atoms with E-state index in [0.29, 0.717) is 6.04 Å². The van der Waals surface area contributed by atoms with Crippen molar-refractivity contribution in [2.45, 2.75) is 38.1 Å². The Kier molecular flexibility index (Phi) is 5.47. The van der Waals surface area contributed by atoms with Crippen LogP contribution in [-0.2, 0) is 6.42 Å². The smallest absolute Gasteiger partial charge is 0.0207 e. The van der Waals surface area contributed by atoms with E-state index in [2.05, 4.69) is 52.7 Å². The van der Waals surface area contributed by atoms with Gasteiger partial charge in [-0.25, -0.2) is 0 Å². The normalized spacial score (nSPS) is 26.3. The van der Waals surface area contributed by atoms with Crippen molar-refractivity contribution in [3.8, 4) is 0 Å². The predicted octanol–water partition coefficient (Wildman–Crippen LogP) is 3.25. The monoisotopic (exact) mass is 284 g/mol. The second kappa shape index (κ2) is 7.77. The van der Waals surface area contributed by atoms with E-state index in [4.69, 9.17) is 0 Å². The molecule has 1 heterocycles. The van der Waals surface area contributed by atoms with Gasteiger partial charge in [0.25, 0.3) is 0 Å². The summed E-state index contributed by atoms with van der Waals surface area (Å²) in [5.41, 5.74) is 1.46. The maximum absolute atomic E-state index is 3.80. The minimum atomic E-state index is 0.715. The highest BCUT2D eigenvalue weighted by Gasteiger charge is 2.22. The second-order valence-corrected chi connectivity index (χ2v) is 6.58. The molecule has 1 saturated heterocycles. The van der Waals surface area contributed by atoms with Crippen molar-refractivity contribution in [1.29, 1.82) is 0 Å². The van der Waals surface area contributed by atoms with Crippen LogP contribution in [0.15, 0.2) is 42.5 Å². The Balaban J connectivity index is 1.34. The highest BCUT2D eigenvalue weighted by molar-refractivity contribution is 5.14. The van der Waals surface area contributed by atoms with E-state index < -0.39 is 0 Å². The van der Waals surface area contributed by atoms with Gasteiger partial charge in [0.2, 0.25) is 0 Å². The Morgan fingerprint density at radius 2 is 2.00 bits per heavy atom. The molecular weight excluding hydrogens is 256 g/mol. The number of nitrogens with one attached hydrogen (secondary N) is 1. The maximum atomic E-state index is 3.80. The van der Waals surface area contributed by atoms with E-state index in [1.165, 1.54) is 63.8 Å². The minimum Gasteiger partial charge on any atom is -0.312 e. The fourth-order valence-electron chi connectivity index (χ4n) is 3.51. The van der Waals surface area contributed by atoms with Crippen molar-refractivity contribution in [3.63, 3.8) is 0 Å². The molecule has 1 fully saturated rings. The lowest BCUT2D eigenvalue weighted by atomic mass is 9.94. The van der Waals surface area contributed by atoms with Crippen molar-refractivity contribution in [3.05, 3.63) is 48.0 Å². The van der Waals surface area contributed by atoms with Gasteiger partial charge in [0.15, 0.2) is 0 Å². The van der Waals surface area contributed by atoms with Crippen molar-refractivity contribution < 1.29 is 0 Å². The molecule has 0 amide bonds. The summed E-state index contributed by atoms with van der Waals surface area (Å²) in [6, 6.07) is 11.6. The molecule has 2 unspecified atom stereocenters. The number of benzene rings is 1. The Hall–Kier alpha value is -1.12. The first kappa shape index (κ1) is 14.8. The molecule has 3 rings (SSSR count). The quantitative estimate of drug-likeness (QED) is 0.807. The molecule has 2 heteroatoms. The van der Waals surface area contributed by atoms with Crippen LogP contribution in [0.1, 0.15) is 31.2 Å². The summed E-state index contributed by atoms with van der Waals surface area (Å²) >= 11 is 0. The average Bonchev–Trinajstić information content (AvgIpc) is 3.01. The van der Waals surface area contributed by atoms with Crippen molar-refractivity contribution in [1.82, 2.24) is 10.2 Å². The van der Waals surface area contributed by atoms with Gasteiger partial charge in [0.1, 0.15) is 0 Å². The Morgan fingerprint density at radius 3 is 2.81 bits per heavy atom. The van der Waals surface area contributed by atoms with Gasteiger partial charge >= 0.3 is 0 Å². The molecule has 21 heavy (non-hydrogen) atoms. The first-order chi connectivity index (χ1) is 10.4. The van der Waals surface area contributed by atoms with E-state index in [1.54, 1.807) is 0 Å². The Bertz CT molecular complexity index is 440. The Labute approximate surface area is 129 Å². The minimum absolute atomic E-state index is 0.715. The summed E-state index contributed by atoms with van der Waals surface area (Å²) in [6.45, 7) is 4.90. The molecule has 114 valence electrons. The van der Waals surface area contributed by atoms with Crippen LogP contribution in [0.4, 0.5) is 0 Å². The van der Waals surface area contributed by atoms with E-state index >= 15 is 0 Å². The molecular formula is C19H28N2. The maximum Gasteiger partial charge on any atom is 0.0207 e. The zero-order valence-electron chi connectivity index (χ0n) is 13.0. The van der Waals surface area contributed by atoms with Crippen molar-refractivity contribution in [2.75, 3.05) is 26.2 Å². The van der Waals surface area contributed by atoms with Gasteiger partial charge in [-0.1, -0.05) is 42.5 Å². The lowest BCUT2D eigenvalue weighted by Gasteiger charge is -2.21. The third-order valence-electron chi connectivity index (χ3n) is 4.90. The van der Waals surface area contributed by atoms with E-state index in [1.807, 2.05) is 0 Å². The highest BCUT2D eigenvalue weighted by Crippen LogP contribution is 2.18. The number of hydrogen-bond acceptors (Lipinski definition) is 2. The van der Waals surface area contributed by atoms with Crippen molar-refractivity contribution >= 4 is 0 Å². The molecule has 0 bridgehead atoms. The van der Waals surface area contributed by atoms with Gasteiger partial charge in [-0.2, -0.15) is 0 Å². The van der Waals surface area contributed by atoms with E-state index in [9.17, 15) is 0 Å². The number of likely N-dealkylation sites (tertiary alicyclic amines) is 1. The van der Waals surface area contributed by atoms with Crippen LogP contribution < -0.4 is 5.32 Å². The molecule has 1 aliphatic carbocycles. The zero-order chi connectivity index (χ0) is 14.3. The summed E-state index contributed by atoms with van der Waals surface area (Å²) in [4.78, 5) is 2.62. The second-order valence-electron chi connectivity index (χ2n) is 6.58. The average molecular weight is 284 g/mol. The fourth-order valence-corrected chi connectivity index (χ4v) is 3.51. The summed E-state index contributed by atoms with van der Waals surface area (Å²) in [5.74, 6) is 0.869. The van der Waals surface area contributed by atoms with Gasteiger partial charge in [0, 0.05) is 19.1 Å². The molecule has 2 nitrogen and oxygen atoms in total. The number of nitrogens with zero attached hydrogens (tertiary/aromatic N) is 1. The van der Waals surface area contributed by atoms with Gasteiger partial charge in [-0.05, 0) is 56.7 Å². The Morgan fingerprint density at radius 1 is 1.10 bits per heavy atom. The highest BCUT2D eigenvalue weighted by atomic mass is 15.2. The van der Waals surface area contributed by atoms with Gasteiger partial charge in [-0.15, -0.1) is 0 Å². The lowest BCUT2D eigenvalue weighted by Crippen LogP contribution is -2.36. The first-order valence-corrected chi connectivity index (χ1v) is 8.55. The molecule has 1 aliphatic heterocycles. The third-order valence-corrected chi connectivity index (χ3v) is 4.90. The van der Waals surface area contributed by atoms with Crippen LogP contribution in [0, 0.1) is 5.92 Å². The molecule has 1 N–H and O–H groups in total. The molecule has 1 aromatic rings. The SMILES string of the molecule is C1=CCC(CNC2CCN(CCc3ccccc3)C2)CC1. The van der Waals surface area contributed by atoms with Crippen molar-refractivity contribution in [2.24, 2.45) is 5.92 Å². The summed E-state index contributed by atoms with van der Waals surface area (Å²) in [5, 5.41) is 3.80. The van der Waals surface area contributed by atoms with Crippen LogP contribution in [0.2, 0.25) is 0 Å². The van der Waals surface area contributed by atoms with Gasteiger partial charge < -0.3 is 10.2 Å². The summed E-state index contributed by atoms with van der Waals surface area (Å²) in [7, 11) is 0. The first-order valence-electron chi connectivity index (χ1n) is 8.55. The standard InChI is InChI=1S/C19H28N2/c1-3-7-17(8-4-1)11-13-21-14-12-19(16-21)20-15-18-9-5-2-6-10-18/h1-5,7-8,18-20H,6,9-16H2. The van der Waals surface area contributed by atoms with E-state index in [0.717, 1.165) is 5.92 Å². The molecule has 1 aromatic carbocycles. The summed E-state index contributed by atoms with van der Waals surface area (Å²) in [6.07, 6.45) is 11.1. The third kappa shape index (κ3) is 4.69. The van der Waals surface area contributed by atoms with Crippen LogP contribution in [0.3, 0.4) is 0 Å². The molecule has 2 atom stereocenters. The van der Waals surface area contributed by atoms with Crippen LogP contribution in [0.25, 0.3) is 0 Å². The molecule has 0 spiro atoms. The topological polar surface area (TPSA) is 15.3 Å². The van der Waals surface area contributed by atoms with E-state index in [-0.39, 0.29) is 0 Å². The zero-order valence-corrected chi connectivity index (χ0v) is 13.0. The van der Waals surface area contributed by atoms with Gasteiger partial charge in [0.05, 0.1) is 0 Å². The number of allylic oxidation sites excluding steroid dienone is 2. The number of hydrogen-bond donors (Lipinski definition) is 1. The molecule has 0 radical (unpaired) electrons. The molecule has 0 aromatic heterocycles. The van der Waals surface area contributed by atoms with Crippen LogP contribution in [-0.4, -0.2) is 37.1 Å². The lowest BCUT2D eigenvalue weighted by molar-refractivity contribution is 0.325. The molecule has 2 aliphatic rings. The fraction of sp³-hybridized carbons (Fsp3) is 0.579. The van der Waals surface area contributed by atoms with Crippen LogP contribution in [0.5, 0.6) is 0 Å². The largest absolute Gasteiger partial charge is 0.312 e.